The van der Waals surface area contributed by atoms with Gasteiger partial charge in [0.2, 0.25) is 0 Å². The van der Waals surface area contributed by atoms with Crippen LogP contribution in [0.15, 0.2) is 24.3 Å². The normalized spacial score (nSPS) is 12.0. The summed E-state index contributed by atoms with van der Waals surface area (Å²) in [6, 6.07) is 7.42. The Bertz CT molecular complexity index is 727. The molecule has 0 aliphatic heterocycles. The number of H-pyrrole nitrogens is 1. The van der Waals surface area contributed by atoms with Gasteiger partial charge < -0.3 is 15.4 Å². The van der Waals surface area contributed by atoms with Crippen LogP contribution in [0.5, 0.6) is 0 Å². The molecule has 0 aliphatic rings. The van der Waals surface area contributed by atoms with E-state index in [0.29, 0.717) is 29.1 Å². The summed E-state index contributed by atoms with van der Waals surface area (Å²) >= 11 is 0. The van der Waals surface area contributed by atoms with Gasteiger partial charge in [-0.15, -0.1) is 0 Å². The van der Waals surface area contributed by atoms with E-state index in [9.17, 15) is 14.7 Å². The number of benzene rings is 1. The third-order valence-corrected chi connectivity index (χ3v) is 3.93. The number of aromatic amines is 1. The molecule has 0 unspecified atom stereocenters. The zero-order valence-corrected chi connectivity index (χ0v) is 13.9. The van der Waals surface area contributed by atoms with Crippen molar-refractivity contribution >= 4 is 11.7 Å². The molecule has 5 nitrogen and oxygen atoms in total. The van der Waals surface area contributed by atoms with E-state index in [-0.39, 0.29) is 11.7 Å². The molecule has 0 spiro atoms. The molecule has 3 N–H and O–H groups in total. The first-order valence-corrected chi connectivity index (χ1v) is 7.56. The second-order valence-electron chi connectivity index (χ2n) is 5.78. The van der Waals surface area contributed by atoms with Gasteiger partial charge in [0.15, 0.2) is 5.78 Å². The summed E-state index contributed by atoms with van der Waals surface area (Å²) in [4.78, 5) is 26.9. The molecule has 0 bridgehead atoms. The molecule has 2 aromatic rings. The van der Waals surface area contributed by atoms with Crippen LogP contribution in [0, 0.1) is 13.8 Å². The predicted octanol–water partition coefficient (Wildman–Crippen LogP) is 2.82. The second kappa shape index (κ2) is 6.79. The van der Waals surface area contributed by atoms with Gasteiger partial charge in [0, 0.05) is 17.8 Å². The van der Waals surface area contributed by atoms with E-state index in [1.807, 2.05) is 24.3 Å². The van der Waals surface area contributed by atoms with E-state index in [1.165, 1.54) is 6.92 Å². The van der Waals surface area contributed by atoms with Gasteiger partial charge >= 0.3 is 0 Å². The van der Waals surface area contributed by atoms with Gasteiger partial charge in [-0.25, -0.2) is 0 Å². The number of hydrogen-bond acceptors (Lipinski definition) is 3. The first-order valence-electron chi connectivity index (χ1n) is 7.56. The lowest BCUT2D eigenvalue weighted by molar-refractivity contribution is 0.0945. The van der Waals surface area contributed by atoms with E-state index >= 15 is 0 Å². The van der Waals surface area contributed by atoms with Crippen molar-refractivity contribution in [3.63, 3.8) is 0 Å². The maximum Gasteiger partial charge on any atom is 0.268 e. The van der Waals surface area contributed by atoms with Crippen molar-refractivity contribution in [1.82, 2.24) is 10.3 Å². The summed E-state index contributed by atoms with van der Waals surface area (Å²) in [7, 11) is 0. The molecule has 1 heterocycles. The third-order valence-electron chi connectivity index (χ3n) is 3.93. The highest BCUT2D eigenvalue weighted by Gasteiger charge is 2.19. The quantitative estimate of drug-likeness (QED) is 0.742. The van der Waals surface area contributed by atoms with E-state index in [1.54, 1.807) is 20.8 Å². The molecular formula is C18H22N2O3. The highest BCUT2D eigenvalue weighted by atomic mass is 16.3. The van der Waals surface area contributed by atoms with Crippen LogP contribution in [0.1, 0.15) is 63.2 Å². The molecule has 1 aromatic carbocycles. The standard InChI is InChI=1S/C18H22N2O3/c1-10-16(13(4)22)11(2)20-17(10)18(23)19-9-14-5-7-15(8-6-14)12(3)21/h5-8,12,20-21H,9H2,1-4H3,(H,19,23)/t12-/m0/s1. The fraction of sp³-hybridized carbons (Fsp3) is 0.333. The number of carbonyl (C=O) groups is 2. The first kappa shape index (κ1) is 17.0. The average Bonchev–Trinajstić information content (AvgIpc) is 2.80. The molecule has 0 fully saturated rings. The highest BCUT2D eigenvalue weighted by Crippen LogP contribution is 2.18. The monoisotopic (exact) mass is 314 g/mol. The van der Waals surface area contributed by atoms with Gasteiger partial charge in [0.1, 0.15) is 5.69 Å². The van der Waals surface area contributed by atoms with Crippen LogP contribution in [0.25, 0.3) is 0 Å². The molecule has 1 atom stereocenters. The molecular weight excluding hydrogens is 292 g/mol. The summed E-state index contributed by atoms with van der Waals surface area (Å²) in [5, 5.41) is 12.3. The van der Waals surface area contributed by atoms with Gasteiger partial charge in [0.05, 0.1) is 6.10 Å². The summed E-state index contributed by atoms with van der Waals surface area (Å²) in [5.41, 5.74) is 4.17. The molecule has 0 saturated heterocycles. The Morgan fingerprint density at radius 3 is 2.30 bits per heavy atom. The maximum absolute atomic E-state index is 12.3. The SMILES string of the molecule is CC(=O)c1c(C)[nH]c(C(=O)NCc2ccc([C@H](C)O)cc2)c1C. The number of aliphatic hydroxyl groups is 1. The molecule has 0 saturated carbocycles. The van der Waals surface area contributed by atoms with Crippen molar-refractivity contribution in [2.75, 3.05) is 0 Å². The number of aromatic nitrogens is 1. The van der Waals surface area contributed by atoms with Crippen LogP contribution in [0.3, 0.4) is 0 Å². The average molecular weight is 314 g/mol. The number of rotatable bonds is 5. The van der Waals surface area contributed by atoms with Gasteiger partial charge in [0.25, 0.3) is 5.91 Å². The first-order chi connectivity index (χ1) is 10.8. The zero-order valence-electron chi connectivity index (χ0n) is 13.9. The lowest BCUT2D eigenvalue weighted by Crippen LogP contribution is -2.24. The smallest absolute Gasteiger partial charge is 0.268 e. The van der Waals surface area contributed by atoms with Crippen LogP contribution < -0.4 is 5.32 Å². The van der Waals surface area contributed by atoms with Crippen molar-refractivity contribution in [2.24, 2.45) is 0 Å². The highest BCUT2D eigenvalue weighted by molar-refractivity contribution is 6.02. The number of aliphatic hydroxyl groups excluding tert-OH is 1. The van der Waals surface area contributed by atoms with E-state index < -0.39 is 6.10 Å². The number of ketones is 1. The molecule has 23 heavy (non-hydrogen) atoms. The largest absolute Gasteiger partial charge is 0.389 e. The van der Waals surface area contributed by atoms with E-state index in [4.69, 9.17) is 0 Å². The predicted molar refractivity (Wildman–Crippen MR) is 88.5 cm³/mol. The molecule has 1 aromatic heterocycles. The number of aryl methyl sites for hydroxylation is 1. The zero-order chi connectivity index (χ0) is 17.1. The molecule has 122 valence electrons. The molecule has 5 heteroatoms. The molecule has 0 radical (unpaired) electrons. The Hall–Kier alpha value is -2.40. The Morgan fingerprint density at radius 2 is 1.83 bits per heavy atom. The summed E-state index contributed by atoms with van der Waals surface area (Å²) in [6.45, 7) is 7.14. The van der Waals surface area contributed by atoms with Crippen molar-refractivity contribution in [2.45, 2.75) is 40.3 Å². The molecule has 1 amide bonds. The van der Waals surface area contributed by atoms with Crippen LogP contribution in [-0.2, 0) is 6.54 Å². The third kappa shape index (κ3) is 3.68. The minimum absolute atomic E-state index is 0.0518. The Labute approximate surface area is 135 Å². The Kier molecular flexibility index (Phi) is 5.01. The second-order valence-corrected chi connectivity index (χ2v) is 5.78. The van der Waals surface area contributed by atoms with Gasteiger partial charge in [-0.2, -0.15) is 0 Å². The van der Waals surface area contributed by atoms with Crippen molar-refractivity contribution in [3.05, 3.63) is 57.9 Å². The van der Waals surface area contributed by atoms with Gasteiger partial charge in [-0.05, 0) is 44.4 Å². The minimum Gasteiger partial charge on any atom is -0.389 e. The lowest BCUT2D eigenvalue weighted by Gasteiger charge is -2.08. The molecule has 2 rings (SSSR count). The van der Waals surface area contributed by atoms with Crippen LogP contribution in [0.2, 0.25) is 0 Å². The topological polar surface area (TPSA) is 82.2 Å². The minimum atomic E-state index is -0.506. The fourth-order valence-electron chi connectivity index (χ4n) is 2.69. The van der Waals surface area contributed by atoms with E-state index in [0.717, 1.165) is 11.1 Å². The number of carbonyl (C=O) groups excluding carboxylic acids is 2. The van der Waals surface area contributed by atoms with Gasteiger partial charge in [-0.3, -0.25) is 9.59 Å². The van der Waals surface area contributed by atoms with Crippen LogP contribution in [0.4, 0.5) is 0 Å². The van der Waals surface area contributed by atoms with Gasteiger partial charge in [-0.1, -0.05) is 24.3 Å². The maximum atomic E-state index is 12.3. The van der Waals surface area contributed by atoms with Crippen molar-refractivity contribution < 1.29 is 14.7 Å². The summed E-state index contributed by atoms with van der Waals surface area (Å²) in [5.74, 6) is -0.290. The van der Waals surface area contributed by atoms with Crippen molar-refractivity contribution in [3.8, 4) is 0 Å². The fourth-order valence-corrected chi connectivity index (χ4v) is 2.69. The van der Waals surface area contributed by atoms with Crippen molar-refractivity contribution in [1.29, 1.82) is 0 Å². The number of hydrogen-bond donors (Lipinski definition) is 3. The Balaban J connectivity index is 2.08. The summed E-state index contributed by atoms with van der Waals surface area (Å²) < 4.78 is 0. The number of amides is 1. The number of Topliss-reactive ketones (excluding diaryl/α,β-unsaturated/α-hetero) is 1. The lowest BCUT2D eigenvalue weighted by atomic mass is 10.1. The summed E-state index contributed by atoms with van der Waals surface area (Å²) in [6.07, 6.45) is -0.506. The van der Waals surface area contributed by atoms with Crippen LogP contribution in [-0.4, -0.2) is 21.8 Å². The Morgan fingerprint density at radius 1 is 1.22 bits per heavy atom. The van der Waals surface area contributed by atoms with Crippen LogP contribution >= 0.6 is 0 Å². The molecule has 0 aliphatic carbocycles. The van der Waals surface area contributed by atoms with E-state index in [2.05, 4.69) is 10.3 Å². The number of nitrogens with one attached hydrogen (secondary N) is 2.